The van der Waals surface area contributed by atoms with Crippen LogP contribution in [0.4, 0.5) is 5.69 Å². The van der Waals surface area contributed by atoms with E-state index in [2.05, 4.69) is 15.2 Å². The van der Waals surface area contributed by atoms with Gasteiger partial charge in [-0.2, -0.15) is 0 Å². The normalized spacial score (nSPS) is 11.8. The van der Waals surface area contributed by atoms with Crippen molar-refractivity contribution < 1.29 is 14.2 Å². The van der Waals surface area contributed by atoms with Gasteiger partial charge in [0.15, 0.2) is 16.6 Å². The van der Waals surface area contributed by atoms with E-state index in [-0.39, 0.29) is 6.79 Å². The van der Waals surface area contributed by atoms with Crippen LogP contribution in [0.2, 0.25) is 0 Å². The molecule has 1 aromatic heterocycles. The zero-order chi connectivity index (χ0) is 20.1. The molecule has 6 nitrogen and oxygen atoms in total. The Kier molecular flexibility index (Phi) is 5.76. The van der Waals surface area contributed by atoms with Gasteiger partial charge < -0.3 is 24.4 Å². The lowest BCUT2D eigenvalue weighted by Gasteiger charge is -2.26. The Bertz CT molecular complexity index is 980. The molecule has 0 amide bonds. The van der Waals surface area contributed by atoms with Crippen LogP contribution in [0.15, 0.2) is 67.0 Å². The van der Waals surface area contributed by atoms with Crippen molar-refractivity contribution >= 4 is 23.0 Å². The quantitative estimate of drug-likeness (QED) is 0.614. The standard InChI is InChI=1S/C22H21N3O3S/c1-26-19-7-5-18(6-8-19)24-22(29)25(14-17-3-2-10-23-12-17)13-16-4-9-20-21(11-16)28-15-27-20/h2-12H,13-15H2,1H3,(H,24,29). The zero-order valence-corrected chi connectivity index (χ0v) is 16.8. The number of nitrogens with one attached hydrogen (secondary N) is 1. The summed E-state index contributed by atoms with van der Waals surface area (Å²) in [6.45, 7) is 1.51. The second kappa shape index (κ2) is 8.79. The minimum atomic E-state index is 0.260. The maximum Gasteiger partial charge on any atom is 0.231 e. The molecule has 0 saturated heterocycles. The third-order valence-electron chi connectivity index (χ3n) is 4.54. The second-order valence-electron chi connectivity index (χ2n) is 6.56. The van der Waals surface area contributed by atoms with Crippen molar-refractivity contribution in [3.8, 4) is 17.2 Å². The van der Waals surface area contributed by atoms with Crippen LogP contribution in [0.1, 0.15) is 11.1 Å². The Morgan fingerprint density at radius 2 is 1.86 bits per heavy atom. The first-order valence-corrected chi connectivity index (χ1v) is 9.59. The first-order chi connectivity index (χ1) is 14.2. The highest BCUT2D eigenvalue weighted by Crippen LogP contribution is 2.33. The predicted molar refractivity (Wildman–Crippen MR) is 115 cm³/mol. The summed E-state index contributed by atoms with van der Waals surface area (Å²) in [5, 5.41) is 3.93. The van der Waals surface area contributed by atoms with Gasteiger partial charge in [-0.15, -0.1) is 0 Å². The van der Waals surface area contributed by atoms with Gasteiger partial charge in [0.2, 0.25) is 6.79 Å². The minimum Gasteiger partial charge on any atom is -0.497 e. The molecule has 0 radical (unpaired) electrons. The van der Waals surface area contributed by atoms with E-state index in [1.165, 1.54) is 0 Å². The van der Waals surface area contributed by atoms with Crippen LogP contribution in [0.3, 0.4) is 0 Å². The maximum atomic E-state index is 5.72. The molecule has 0 spiro atoms. The van der Waals surface area contributed by atoms with Gasteiger partial charge in [0, 0.05) is 31.2 Å². The van der Waals surface area contributed by atoms with Gasteiger partial charge in [-0.1, -0.05) is 12.1 Å². The number of aromatic nitrogens is 1. The van der Waals surface area contributed by atoms with Gasteiger partial charge in [-0.3, -0.25) is 4.98 Å². The van der Waals surface area contributed by atoms with Gasteiger partial charge in [0.25, 0.3) is 0 Å². The van der Waals surface area contributed by atoms with Crippen LogP contribution in [-0.2, 0) is 13.1 Å². The number of ether oxygens (including phenoxy) is 3. The Morgan fingerprint density at radius 1 is 1.07 bits per heavy atom. The minimum absolute atomic E-state index is 0.260. The smallest absolute Gasteiger partial charge is 0.231 e. The van der Waals surface area contributed by atoms with Crippen molar-refractivity contribution in [3.63, 3.8) is 0 Å². The monoisotopic (exact) mass is 407 g/mol. The van der Waals surface area contributed by atoms with E-state index < -0.39 is 0 Å². The number of hydrogen-bond acceptors (Lipinski definition) is 5. The molecule has 2 heterocycles. The van der Waals surface area contributed by atoms with Crippen LogP contribution >= 0.6 is 12.2 Å². The average Bonchev–Trinajstić information content (AvgIpc) is 3.22. The molecule has 7 heteroatoms. The first-order valence-electron chi connectivity index (χ1n) is 9.19. The fourth-order valence-electron chi connectivity index (χ4n) is 3.05. The highest BCUT2D eigenvalue weighted by Gasteiger charge is 2.16. The molecule has 1 aliphatic rings. The molecule has 0 atom stereocenters. The van der Waals surface area contributed by atoms with E-state index in [1.54, 1.807) is 13.3 Å². The van der Waals surface area contributed by atoms with Crippen molar-refractivity contribution in [2.45, 2.75) is 13.1 Å². The zero-order valence-electron chi connectivity index (χ0n) is 16.0. The third kappa shape index (κ3) is 4.75. The van der Waals surface area contributed by atoms with E-state index >= 15 is 0 Å². The molecule has 0 saturated carbocycles. The van der Waals surface area contributed by atoms with E-state index in [1.807, 2.05) is 60.8 Å². The van der Waals surface area contributed by atoms with Crippen molar-refractivity contribution in [2.24, 2.45) is 0 Å². The fraction of sp³-hybridized carbons (Fsp3) is 0.182. The summed E-state index contributed by atoms with van der Waals surface area (Å²) < 4.78 is 16.1. The highest BCUT2D eigenvalue weighted by molar-refractivity contribution is 7.80. The summed E-state index contributed by atoms with van der Waals surface area (Å²) >= 11 is 5.72. The summed E-state index contributed by atoms with van der Waals surface area (Å²) in [6.07, 6.45) is 3.61. The van der Waals surface area contributed by atoms with Crippen LogP contribution in [0, 0.1) is 0 Å². The van der Waals surface area contributed by atoms with Crippen molar-refractivity contribution in [2.75, 3.05) is 19.2 Å². The summed E-state index contributed by atoms with van der Waals surface area (Å²) in [5.41, 5.74) is 3.06. The molecule has 3 aromatic rings. The van der Waals surface area contributed by atoms with Crippen LogP contribution in [0.25, 0.3) is 0 Å². The maximum absolute atomic E-state index is 5.72. The molecular weight excluding hydrogens is 386 g/mol. The van der Waals surface area contributed by atoms with E-state index in [0.29, 0.717) is 18.2 Å². The molecule has 0 bridgehead atoms. The largest absolute Gasteiger partial charge is 0.497 e. The van der Waals surface area contributed by atoms with Crippen molar-refractivity contribution in [1.29, 1.82) is 0 Å². The lowest BCUT2D eigenvalue weighted by atomic mass is 10.1. The lowest BCUT2D eigenvalue weighted by Crippen LogP contribution is -2.33. The molecule has 29 heavy (non-hydrogen) atoms. The van der Waals surface area contributed by atoms with Crippen molar-refractivity contribution in [3.05, 3.63) is 78.1 Å². The molecule has 1 aliphatic heterocycles. The SMILES string of the molecule is COc1ccc(NC(=S)N(Cc2cccnc2)Cc2ccc3c(c2)OCO3)cc1. The Labute approximate surface area is 175 Å². The van der Waals surface area contributed by atoms with E-state index in [0.717, 1.165) is 34.1 Å². The van der Waals surface area contributed by atoms with E-state index in [9.17, 15) is 0 Å². The summed E-state index contributed by atoms with van der Waals surface area (Å²) in [7, 11) is 1.65. The highest BCUT2D eigenvalue weighted by atomic mass is 32.1. The van der Waals surface area contributed by atoms with Crippen molar-refractivity contribution in [1.82, 2.24) is 9.88 Å². The number of nitrogens with zero attached hydrogens (tertiary/aromatic N) is 2. The molecule has 0 unspecified atom stereocenters. The van der Waals surface area contributed by atoms with Crippen LogP contribution in [0.5, 0.6) is 17.2 Å². The number of rotatable bonds is 6. The second-order valence-corrected chi connectivity index (χ2v) is 6.95. The molecule has 0 aliphatic carbocycles. The van der Waals surface area contributed by atoms with Gasteiger partial charge >= 0.3 is 0 Å². The topological polar surface area (TPSA) is 55.9 Å². The Hall–Kier alpha value is -3.32. The van der Waals surface area contributed by atoms with Crippen LogP contribution in [-0.4, -0.2) is 28.9 Å². The molecule has 148 valence electrons. The number of hydrogen-bond donors (Lipinski definition) is 1. The van der Waals surface area contributed by atoms with E-state index in [4.69, 9.17) is 26.4 Å². The third-order valence-corrected chi connectivity index (χ3v) is 4.90. The number of benzene rings is 2. The number of pyridine rings is 1. The fourth-order valence-corrected chi connectivity index (χ4v) is 3.30. The molecule has 2 aromatic carbocycles. The van der Waals surface area contributed by atoms with Gasteiger partial charge in [0.1, 0.15) is 5.75 Å². The van der Waals surface area contributed by atoms with Gasteiger partial charge in [-0.25, -0.2) is 0 Å². The van der Waals surface area contributed by atoms with Gasteiger partial charge in [-0.05, 0) is 65.8 Å². The molecular formula is C22H21N3O3S. The Balaban J connectivity index is 1.52. The summed E-state index contributed by atoms with van der Waals surface area (Å²) in [5.74, 6) is 2.33. The lowest BCUT2D eigenvalue weighted by molar-refractivity contribution is 0.174. The average molecular weight is 407 g/mol. The van der Waals surface area contributed by atoms with Gasteiger partial charge in [0.05, 0.1) is 7.11 Å². The molecule has 1 N–H and O–H groups in total. The molecule has 0 fully saturated rings. The summed E-state index contributed by atoms with van der Waals surface area (Å²) in [6, 6.07) is 17.6. The number of methoxy groups -OCH3 is 1. The number of anilines is 1. The predicted octanol–water partition coefficient (Wildman–Crippen LogP) is 4.22. The summed E-state index contributed by atoms with van der Waals surface area (Å²) in [4.78, 5) is 6.31. The number of fused-ring (bicyclic) bond motifs is 1. The first kappa shape index (κ1) is 19.0. The number of thiocarbonyl (C=S) groups is 1. The van der Waals surface area contributed by atoms with Crippen LogP contribution < -0.4 is 19.5 Å². The Morgan fingerprint density at radius 3 is 2.62 bits per heavy atom. The molecule has 4 rings (SSSR count).